The third-order valence-electron chi connectivity index (χ3n) is 2.28. The van der Waals surface area contributed by atoms with Crippen LogP contribution in [0.2, 0.25) is 0 Å². The Balaban J connectivity index is 2.22. The Labute approximate surface area is 106 Å². The average Bonchev–Trinajstić information content (AvgIpc) is 2.94. The Bertz CT molecular complexity index is 612. The lowest BCUT2D eigenvalue weighted by molar-refractivity contribution is 0.0595. The number of aromatic amines is 1. The zero-order valence-corrected chi connectivity index (χ0v) is 9.81. The topological polar surface area (TPSA) is 97.0 Å². The summed E-state index contributed by atoms with van der Waals surface area (Å²) in [6.07, 6.45) is 1.24. The Morgan fingerprint density at radius 1 is 1.42 bits per heavy atom. The van der Waals surface area contributed by atoms with Gasteiger partial charge in [-0.2, -0.15) is 15.4 Å². The molecule has 1 aromatic carbocycles. The molecule has 7 nitrogen and oxygen atoms in total. The monoisotopic (exact) mass is 264 g/mol. The summed E-state index contributed by atoms with van der Waals surface area (Å²) in [5.74, 6) is -2.09. The molecule has 0 spiro atoms. The van der Waals surface area contributed by atoms with E-state index < -0.39 is 17.7 Å². The maximum Gasteiger partial charge on any atom is 0.340 e. The molecular weight excluding hydrogens is 255 g/mol. The normalized spacial score (nSPS) is 10.0. The van der Waals surface area contributed by atoms with Crippen molar-refractivity contribution in [1.29, 1.82) is 0 Å². The quantitative estimate of drug-likeness (QED) is 0.805. The lowest BCUT2D eigenvalue weighted by atomic mass is 10.2. The highest BCUT2D eigenvalue weighted by Gasteiger charge is 2.15. The third kappa shape index (κ3) is 2.73. The van der Waals surface area contributed by atoms with Gasteiger partial charge in [0.2, 0.25) is 0 Å². The minimum absolute atomic E-state index is 0.0731. The summed E-state index contributed by atoms with van der Waals surface area (Å²) in [6.45, 7) is 0. The largest absolute Gasteiger partial charge is 0.465 e. The van der Waals surface area contributed by atoms with E-state index in [-0.39, 0.29) is 16.9 Å². The van der Waals surface area contributed by atoms with Gasteiger partial charge in [0, 0.05) is 5.69 Å². The zero-order chi connectivity index (χ0) is 13.8. The average molecular weight is 264 g/mol. The van der Waals surface area contributed by atoms with Crippen LogP contribution >= 0.6 is 0 Å². The number of aromatic nitrogens is 3. The van der Waals surface area contributed by atoms with E-state index in [2.05, 4.69) is 25.5 Å². The number of amides is 1. The van der Waals surface area contributed by atoms with Crippen LogP contribution in [0.3, 0.4) is 0 Å². The molecule has 0 radical (unpaired) electrons. The summed E-state index contributed by atoms with van der Waals surface area (Å²) in [6, 6.07) is 3.56. The number of H-pyrrole nitrogens is 1. The first-order chi connectivity index (χ1) is 9.11. The number of hydrogen-bond donors (Lipinski definition) is 2. The van der Waals surface area contributed by atoms with Crippen molar-refractivity contribution in [1.82, 2.24) is 15.4 Å². The van der Waals surface area contributed by atoms with Gasteiger partial charge in [-0.3, -0.25) is 4.79 Å². The van der Waals surface area contributed by atoms with Crippen LogP contribution in [0.15, 0.2) is 24.4 Å². The van der Waals surface area contributed by atoms with Crippen LogP contribution in [0.4, 0.5) is 10.1 Å². The van der Waals surface area contributed by atoms with Crippen LogP contribution < -0.4 is 5.32 Å². The van der Waals surface area contributed by atoms with Gasteiger partial charge in [-0.05, 0) is 18.2 Å². The first kappa shape index (κ1) is 12.7. The number of esters is 1. The molecule has 0 atom stereocenters. The molecule has 1 amide bonds. The van der Waals surface area contributed by atoms with Crippen molar-refractivity contribution >= 4 is 17.6 Å². The van der Waals surface area contributed by atoms with Crippen molar-refractivity contribution in [3.05, 3.63) is 41.5 Å². The first-order valence-electron chi connectivity index (χ1n) is 5.17. The van der Waals surface area contributed by atoms with Crippen LogP contribution in [-0.2, 0) is 4.74 Å². The molecular formula is C11H9FN4O3. The number of nitrogens with zero attached hydrogens (tertiary/aromatic N) is 2. The number of carbonyl (C=O) groups is 2. The molecule has 2 aromatic rings. The van der Waals surface area contributed by atoms with E-state index in [9.17, 15) is 14.0 Å². The lowest BCUT2D eigenvalue weighted by Crippen LogP contribution is -2.13. The molecule has 19 heavy (non-hydrogen) atoms. The van der Waals surface area contributed by atoms with E-state index in [1.807, 2.05) is 0 Å². The third-order valence-corrected chi connectivity index (χ3v) is 2.28. The Kier molecular flexibility index (Phi) is 3.51. The maximum absolute atomic E-state index is 13.4. The van der Waals surface area contributed by atoms with Crippen LogP contribution in [0.25, 0.3) is 0 Å². The number of nitrogens with one attached hydrogen (secondary N) is 2. The highest BCUT2D eigenvalue weighted by molar-refractivity contribution is 6.03. The molecule has 8 heteroatoms. The van der Waals surface area contributed by atoms with Gasteiger partial charge in [0.25, 0.3) is 5.91 Å². The summed E-state index contributed by atoms with van der Waals surface area (Å²) in [5, 5.41) is 11.8. The van der Waals surface area contributed by atoms with Crippen molar-refractivity contribution < 1.29 is 18.7 Å². The summed E-state index contributed by atoms with van der Waals surface area (Å²) < 4.78 is 17.8. The van der Waals surface area contributed by atoms with Gasteiger partial charge < -0.3 is 10.1 Å². The van der Waals surface area contributed by atoms with Crippen LogP contribution in [-0.4, -0.2) is 34.4 Å². The van der Waals surface area contributed by atoms with E-state index in [0.717, 1.165) is 13.2 Å². The molecule has 0 fully saturated rings. The summed E-state index contributed by atoms with van der Waals surface area (Å²) >= 11 is 0. The van der Waals surface area contributed by atoms with Gasteiger partial charge in [-0.1, -0.05) is 0 Å². The fraction of sp³-hybridized carbons (Fsp3) is 0.0909. The summed E-state index contributed by atoms with van der Waals surface area (Å²) in [5.41, 5.74) is 0.0548. The fourth-order valence-corrected chi connectivity index (χ4v) is 1.38. The van der Waals surface area contributed by atoms with Gasteiger partial charge in [-0.25, -0.2) is 9.18 Å². The number of rotatable bonds is 3. The molecule has 2 N–H and O–H groups in total. The van der Waals surface area contributed by atoms with Gasteiger partial charge in [0.05, 0.1) is 18.9 Å². The standard InChI is InChI=1S/C11H9FN4O3/c1-19-11(18)7-4-6(2-3-8(7)12)14-10(17)9-5-13-16-15-9/h2-5H,1H3,(H,14,17)(H,13,15,16). The molecule has 0 aliphatic carbocycles. The number of methoxy groups -OCH3 is 1. The predicted octanol–water partition coefficient (Wildman–Crippen LogP) is 0.983. The number of ether oxygens (including phenoxy) is 1. The van der Waals surface area contributed by atoms with Crippen molar-refractivity contribution in [2.45, 2.75) is 0 Å². The predicted molar refractivity (Wildman–Crippen MR) is 62.1 cm³/mol. The molecule has 1 aromatic heterocycles. The Hall–Kier alpha value is -2.77. The van der Waals surface area contributed by atoms with Crippen molar-refractivity contribution in [3.63, 3.8) is 0 Å². The molecule has 2 rings (SSSR count). The van der Waals surface area contributed by atoms with Gasteiger partial charge >= 0.3 is 5.97 Å². The van der Waals surface area contributed by atoms with E-state index >= 15 is 0 Å². The second kappa shape index (κ2) is 5.25. The van der Waals surface area contributed by atoms with Crippen molar-refractivity contribution in [3.8, 4) is 0 Å². The highest BCUT2D eigenvalue weighted by Crippen LogP contribution is 2.16. The lowest BCUT2D eigenvalue weighted by Gasteiger charge is -2.06. The van der Waals surface area contributed by atoms with Crippen LogP contribution in [0.5, 0.6) is 0 Å². The Morgan fingerprint density at radius 3 is 2.84 bits per heavy atom. The number of benzene rings is 1. The van der Waals surface area contributed by atoms with E-state index in [4.69, 9.17) is 0 Å². The second-order valence-corrected chi connectivity index (χ2v) is 3.50. The Morgan fingerprint density at radius 2 is 2.21 bits per heavy atom. The maximum atomic E-state index is 13.4. The van der Waals surface area contributed by atoms with Crippen molar-refractivity contribution in [2.75, 3.05) is 12.4 Å². The molecule has 0 aliphatic heterocycles. The molecule has 0 unspecified atom stereocenters. The van der Waals surface area contributed by atoms with E-state index in [1.54, 1.807) is 0 Å². The SMILES string of the molecule is COC(=O)c1cc(NC(=O)c2cn[nH]n2)ccc1F. The zero-order valence-electron chi connectivity index (χ0n) is 9.81. The summed E-state index contributed by atoms with van der Waals surface area (Å²) in [4.78, 5) is 23.0. The summed E-state index contributed by atoms with van der Waals surface area (Å²) in [7, 11) is 1.14. The fourth-order valence-electron chi connectivity index (χ4n) is 1.38. The molecule has 0 bridgehead atoms. The van der Waals surface area contributed by atoms with Crippen LogP contribution in [0, 0.1) is 5.82 Å². The molecule has 98 valence electrons. The molecule has 0 saturated carbocycles. The molecule has 0 saturated heterocycles. The second-order valence-electron chi connectivity index (χ2n) is 3.50. The van der Waals surface area contributed by atoms with Crippen molar-refractivity contribution in [2.24, 2.45) is 0 Å². The van der Waals surface area contributed by atoms with E-state index in [1.165, 1.54) is 18.3 Å². The van der Waals surface area contributed by atoms with Gasteiger partial charge in [0.15, 0.2) is 5.69 Å². The van der Waals surface area contributed by atoms with Gasteiger partial charge in [0.1, 0.15) is 5.82 Å². The minimum atomic E-state index is -0.824. The number of hydrogen-bond acceptors (Lipinski definition) is 5. The number of halogens is 1. The molecule has 0 aliphatic rings. The van der Waals surface area contributed by atoms with Crippen LogP contribution in [0.1, 0.15) is 20.8 Å². The first-order valence-corrected chi connectivity index (χ1v) is 5.17. The number of anilines is 1. The smallest absolute Gasteiger partial charge is 0.340 e. The molecule has 1 heterocycles. The van der Waals surface area contributed by atoms with E-state index in [0.29, 0.717) is 0 Å². The minimum Gasteiger partial charge on any atom is -0.465 e. The van der Waals surface area contributed by atoms with Gasteiger partial charge in [-0.15, -0.1) is 0 Å². The number of carbonyl (C=O) groups excluding carboxylic acids is 2. The highest BCUT2D eigenvalue weighted by atomic mass is 19.1.